The van der Waals surface area contributed by atoms with Crippen LogP contribution in [-0.4, -0.2) is 16.2 Å². The number of halogens is 3. The Morgan fingerprint density at radius 2 is 1.64 bits per heavy atom. The minimum Gasteiger partial charge on any atom is -0.491 e. The van der Waals surface area contributed by atoms with Gasteiger partial charge in [0.2, 0.25) is 0 Å². The average Bonchev–Trinajstić information content (AvgIpc) is 3.19. The fourth-order valence-electron chi connectivity index (χ4n) is 4.87. The molecule has 1 fully saturated rings. The van der Waals surface area contributed by atoms with Gasteiger partial charge in [0.1, 0.15) is 18.2 Å². The van der Waals surface area contributed by atoms with Crippen LogP contribution >= 0.6 is 11.6 Å². The molecule has 3 nitrogen and oxygen atoms in total. The minimum absolute atomic E-state index is 0.0777. The second kappa shape index (κ2) is 9.52. The van der Waals surface area contributed by atoms with Crippen LogP contribution in [0.3, 0.4) is 0 Å². The van der Waals surface area contributed by atoms with Gasteiger partial charge in [-0.1, -0.05) is 49.1 Å². The maximum absolute atomic E-state index is 14.4. The number of rotatable bonds is 6. The first-order valence-electron chi connectivity index (χ1n) is 11.4. The van der Waals surface area contributed by atoms with Gasteiger partial charge in [-0.3, -0.25) is 0 Å². The van der Waals surface area contributed by atoms with Crippen LogP contribution in [0.5, 0.6) is 5.75 Å². The van der Waals surface area contributed by atoms with Crippen molar-refractivity contribution in [3.05, 3.63) is 83.4 Å². The van der Waals surface area contributed by atoms with Gasteiger partial charge in [0.05, 0.1) is 17.1 Å². The molecule has 3 aromatic carbocycles. The molecule has 0 N–H and O–H groups in total. The fourth-order valence-corrected chi connectivity index (χ4v) is 4.99. The predicted molar refractivity (Wildman–Crippen MR) is 128 cm³/mol. The lowest BCUT2D eigenvalue weighted by Gasteiger charge is -2.32. The Hall–Kier alpha value is -2.92. The van der Waals surface area contributed by atoms with Gasteiger partial charge in [0, 0.05) is 22.7 Å². The Kier molecular flexibility index (Phi) is 6.32. The molecule has 6 heteroatoms. The summed E-state index contributed by atoms with van der Waals surface area (Å²) in [6.45, 7) is 0.416. The number of benzene rings is 3. The van der Waals surface area contributed by atoms with Crippen LogP contribution in [0.4, 0.5) is 8.78 Å². The summed E-state index contributed by atoms with van der Waals surface area (Å²) in [6.07, 6.45) is 5.65. The van der Waals surface area contributed by atoms with Gasteiger partial charge in [0.25, 0.3) is 0 Å². The molecular weight excluding hydrogens is 442 g/mol. The molecule has 1 heterocycles. The van der Waals surface area contributed by atoms with Crippen molar-refractivity contribution in [1.82, 2.24) is 9.55 Å². The molecule has 1 aromatic heterocycles. The van der Waals surface area contributed by atoms with Crippen LogP contribution in [0, 0.1) is 17.6 Å². The first kappa shape index (κ1) is 21.9. The molecule has 1 aliphatic carbocycles. The van der Waals surface area contributed by atoms with Crippen molar-refractivity contribution >= 4 is 22.6 Å². The molecule has 0 aliphatic heterocycles. The van der Waals surface area contributed by atoms with Crippen LogP contribution in [0.2, 0.25) is 5.02 Å². The highest BCUT2D eigenvalue weighted by Crippen LogP contribution is 2.39. The van der Waals surface area contributed by atoms with E-state index < -0.39 is 11.6 Å². The molecule has 1 saturated carbocycles. The van der Waals surface area contributed by atoms with E-state index in [1.807, 2.05) is 42.5 Å². The molecule has 5 rings (SSSR count). The Morgan fingerprint density at radius 1 is 0.939 bits per heavy atom. The summed E-state index contributed by atoms with van der Waals surface area (Å²) in [5, 5.41) is 0.620. The average molecular weight is 467 g/mol. The summed E-state index contributed by atoms with van der Waals surface area (Å²) in [4.78, 5) is 4.74. The fraction of sp³-hybridized carbons (Fsp3) is 0.296. The zero-order valence-electron chi connectivity index (χ0n) is 18.2. The van der Waals surface area contributed by atoms with E-state index in [0.29, 0.717) is 34.4 Å². The van der Waals surface area contributed by atoms with E-state index in [9.17, 15) is 8.78 Å². The Bertz CT molecular complexity index is 1230. The van der Waals surface area contributed by atoms with Gasteiger partial charge in [-0.15, -0.1) is 0 Å². The third-order valence-electron chi connectivity index (χ3n) is 6.52. The third-order valence-corrected chi connectivity index (χ3v) is 6.78. The molecule has 1 aliphatic rings. The summed E-state index contributed by atoms with van der Waals surface area (Å²) in [7, 11) is 0. The zero-order chi connectivity index (χ0) is 22.8. The van der Waals surface area contributed by atoms with Crippen molar-refractivity contribution in [2.45, 2.75) is 38.1 Å². The van der Waals surface area contributed by atoms with Gasteiger partial charge in [-0.25, -0.2) is 13.8 Å². The smallest absolute Gasteiger partial charge is 0.161 e. The van der Waals surface area contributed by atoms with Crippen molar-refractivity contribution in [2.24, 2.45) is 5.92 Å². The molecule has 0 saturated heterocycles. The maximum Gasteiger partial charge on any atom is 0.161 e. The number of hydrogen-bond acceptors (Lipinski definition) is 2. The van der Waals surface area contributed by atoms with E-state index in [0.717, 1.165) is 37.0 Å². The quantitative estimate of drug-likeness (QED) is 0.289. The van der Waals surface area contributed by atoms with Crippen molar-refractivity contribution in [3.8, 4) is 17.1 Å². The number of imidazole rings is 1. The molecule has 1 atom stereocenters. The van der Waals surface area contributed by atoms with E-state index in [1.54, 1.807) is 12.1 Å². The molecule has 33 heavy (non-hydrogen) atoms. The molecule has 170 valence electrons. The van der Waals surface area contributed by atoms with Crippen molar-refractivity contribution < 1.29 is 13.5 Å². The van der Waals surface area contributed by atoms with Gasteiger partial charge in [0.15, 0.2) is 11.6 Å². The standard InChI is InChI=1S/C27H25ClF2N2O/c28-20-13-11-19(12-14-20)27-31-24-15-22(29)23(30)16-25(24)32(27)26(18-7-3-1-4-8-18)17-33-21-9-5-2-6-10-21/h2,5-6,9-16,18,26H,1,3-4,7-8,17H2. The third kappa shape index (κ3) is 4.60. The molecule has 0 amide bonds. The van der Waals surface area contributed by atoms with E-state index >= 15 is 0 Å². The number of para-hydroxylation sites is 1. The van der Waals surface area contributed by atoms with Crippen LogP contribution in [0.25, 0.3) is 22.4 Å². The van der Waals surface area contributed by atoms with Crippen LogP contribution < -0.4 is 4.74 Å². The summed E-state index contributed by atoms with van der Waals surface area (Å²) in [6, 6.07) is 19.4. The molecule has 0 bridgehead atoms. The first-order chi connectivity index (χ1) is 16.1. The second-order valence-electron chi connectivity index (χ2n) is 8.66. The van der Waals surface area contributed by atoms with E-state index in [4.69, 9.17) is 21.3 Å². The van der Waals surface area contributed by atoms with Gasteiger partial charge in [-0.2, -0.15) is 0 Å². The zero-order valence-corrected chi connectivity index (χ0v) is 18.9. The maximum atomic E-state index is 14.4. The number of nitrogens with zero attached hydrogens (tertiary/aromatic N) is 2. The van der Waals surface area contributed by atoms with Gasteiger partial charge < -0.3 is 9.30 Å². The normalized spacial score (nSPS) is 15.6. The predicted octanol–water partition coefficient (Wildman–Crippen LogP) is 7.84. The van der Waals surface area contributed by atoms with Crippen molar-refractivity contribution in [1.29, 1.82) is 0 Å². The minimum atomic E-state index is -0.899. The monoisotopic (exact) mass is 466 g/mol. The number of aromatic nitrogens is 2. The van der Waals surface area contributed by atoms with Crippen LogP contribution in [-0.2, 0) is 0 Å². The first-order valence-corrected chi connectivity index (χ1v) is 11.8. The van der Waals surface area contributed by atoms with E-state index in [-0.39, 0.29) is 6.04 Å². The lowest BCUT2D eigenvalue weighted by Crippen LogP contribution is -2.28. The summed E-state index contributed by atoms with van der Waals surface area (Å²) < 4.78 is 36.8. The Morgan fingerprint density at radius 3 is 2.36 bits per heavy atom. The van der Waals surface area contributed by atoms with Crippen LogP contribution in [0.1, 0.15) is 38.1 Å². The molecular formula is C27H25ClF2N2O. The SMILES string of the molecule is Fc1cc2nc(-c3ccc(Cl)cc3)n(C(COc3ccccc3)C3CCCCC3)c2cc1F. The van der Waals surface area contributed by atoms with Gasteiger partial charge >= 0.3 is 0 Å². The number of hydrogen-bond donors (Lipinski definition) is 0. The lowest BCUT2D eigenvalue weighted by atomic mass is 9.83. The largest absolute Gasteiger partial charge is 0.491 e. The summed E-state index contributed by atoms with van der Waals surface area (Å²) in [5.41, 5.74) is 1.85. The summed E-state index contributed by atoms with van der Waals surface area (Å²) in [5.74, 6) is 0.0214. The van der Waals surface area contributed by atoms with E-state index in [2.05, 4.69) is 4.57 Å². The van der Waals surface area contributed by atoms with Crippen LogP contribution in [0.15, 0.2) is 66.7 Å². The van der Waals surface area contributed by atoms with Crippen molar-refractivity contribution in [2.75, 3.05) is 6.61 Å². The molecule has 0 radical (unpaired) electrons. The second-order valence-corrected chi connectivity index (χ2v) is 9.09. The highest BCUT2D eigenvalue weighted by Gasteiger charge is 2.30. The Labute approximate surface area is 197 Å². The molecule has 4 aromatic rings. The number of fused-ring (bicyclic) bond motifs is 1. The number of ether oxygens (including phenoxy) is 1. The van der Waals surface area contributed by atoms with E-state index in [1.165, 1.54) is 18.6 Å². The summed E-state index contributed by atoms with van der Waals surface area (Å²) >= 11 is 6.11. The highest BCUT2D eigenvalue weighted by molar-refractivity contribution is 6.30. The van der Waals surface area contributed by atoms with Gasteiger partial charge in [-0.05, 0) is 55.2 Å². The lowest BCUT2D eigenvalue weighted by molar-refractivity contribution is 0.170. The topological polar surface area (TPSA) is 27.1 Å². The molecule has 0 spiro atoms. The Balaban J connectivity index is 1.65. The highest BCUT2D eigenvalue weighted by atomic mass is 35.5. The molecule has 1 unspecified atom stereocenters. The van der Waals surface area contributed by atoms with Crippen molar-refractivity contribution in [3.63, 3.8) is 0 Å².